The highest BCUT2D eigenvalue weighted by Gasteiger charge is 2.41. The van der Waals surface area contributed by atoms with Crippen LogP contribution in [0.25, 0.3) is 0 Å². The summed E-state index contributed by atoms with van der Waals surface area (Å²) in [5.74, 6) is 0.594. The predicted octanol–water partition coefficient (Wildman–Crippen LogP) is 0.348. The van der Waals surface area contributed by atoms with E-state index >= 15 is 0 Å². The lowest BCUT2D eigenvalue weighted by Crippen LogP contribution is -2.41. The van der Waals surface area contributed by atoms with Gasteiger partial charge in [0.25, 0.3) is 0 Å². The minimum Gasteiger partial charge on any atom is -0.351 e. The van der Waals surface area contributed by atoms with Crippen LogP contribution in [-0.2, 0) is 4.79 Å². The highest BCUT2D eigenvalue weighted by atomic mass is 16.2. The van der Waals surface area contributed by atoms with Crippen molar-refractivity contribution in [2.45, 2.75) is 36.9 Å². The van der Waals surface area contributed by atoms with Crippen LogP contribution in [0.2, 0.25) is 0 Å². The van der Waals surface area contributed by atoms with E-state index in [0.29, 0.717) is 12.0 Å². The topological polar surface area (TPSA) is 67.1 Å². The molecule has 3 rings (SSSR count). The second-order valence-electron chi connectivity index (χ2n) is 5.32. The van der Waals surface area contributed by atoms with Crippen molar-refractivity contribution in [1.82, 2.24) is 10.6 Å². The summed E-state index contributed by atoms with van der Waals surface area (Å²) < 4.78 is 0. The van der Waals surface area contributed by atoms with Gasteiger partial charge in [-0.25, -0.2) is 0 Å². The fourth-order valence-corrected chi connectivity index (χ4v) is 2.67. The Bertz CT molecular complexity index is 434. The minimum absolute atomic E-state index is 0.1000. The highest BCUT2D eigenvalue weighted by Crippen LogP contribution is 2.40. The summed E-state index contributed by atoms with van der Waals surface area (Å²) >= 11 is 0. The molecule has 4 N–H and O–H groups in total. The summed E-state index contributed by atoms with van der Waals surface area (Å²) in [6, 6.07) is 10.7. The van der Waals surface area contributed by atoms with Gasteiger partial charge in [0.1, 0.15) is 0 Å². The van der Waals surface area contributed by atoms with Crippen LogP contribution in [0.3, 0.4) is 0 Å². The molecule has 96 valence electrons. The molecule has 4 heteroatoms. The molecule has 1 saturated heterocycles. The lowest BCUT2D eigenvalue weighted by molar-refractivity contribution is -0.122. The van der Waals surface area contributed by atoms with E-state index in [2.05, 4.69) is 22.8 Å². The molecule has 0 spiro atoms. The van der Waals surface area contributed by atoms with Crippen molar-refractivity contribution in [3.63, 3.8) is 0 Å². The van der Waals surface area contributed by atoms with Gasteiger partial charge in [-0.2, -0.15) is 0 Å². The molecule has 1 aliphatic heterocycles. The molecule has 2 aliphatic rings. The van der Waals surface area contributed by atoms with E-state index in [9.17, 15) is 4.79 Å². The number of nitrogens with two attached hydrogens (primary N) is 1. The van der Waals surface area contributed by atoms with Crippen LogP contribution in [0.4, 0.5) is 0 Å². The standard InChI is InChI=1S/C14H19N3O/c15-10-6-13(16-8-10)14(18)17-12-7-11(12)9-4-2-1-3-5-9/h1-5,10-13,16H,6-8,15H2,(H,17,18). The van der Waals surface area contributed by atoms with Crippen LogP contribution < -0.4 is 16.4 Å². The predicted molar refractivity (Wildman–Crippen MR) is 70.1 cm³/mol. The van der Waals surface area contributed by atoms with Crippen LogP contribution in [0.5, 0.6) is 0 Å². The number of amides is 1. The van der Waals surface area contributed by atoms with Gasteiger partial charge in [-0.05, 0) is 18.4 Å². The first-order chi connectivity index (χ1) is 8.74. The molecule has 4 nitrogen and oxygen atoms in total. The van der Waals surface area contributed by atoms with Crippen LogP contribution in [0.1, 0.15) is 24.3 Å². The lowest BCUT2D eigenvalue weighted by Gasteiger charge is -2.11. The van der Waals surface area contributed by atoms with Crippen molar-refractivity contribution < 1.29 is 4.79 Å². The maximum absolute atomic E-state index is 12.0. The third-order valence-electron chi connectivity index (χ3n) is 3.83. The van der Waals surface area contributed by atoms with Crippen molar-refractivity contribution in [2.24, 2.45) is 5.73 Å². The van der Waals surface area contributed by atoms with E-state index in [1.165, 1.54) is 5.56 Å². The van der Waals surface area contributed by atoms with E-state index in [1.807, 2.05) is 18.2 Å². The molecular formula is C14H19N3O. The van der Waals surface area contributed by atoms with E-state index in [-0.39, 0.29) is 18.0 Å². The van der Waals surface area contributed by atoms with E-state index in [4.69, 9.17) is 5.73 Å². The second kappa shape index (κ2) is 4.71. The molecule has 0 aromatic heterocycles. The largest absolute Gasteiger partial charge is 0.351 e. The fraction of sp³-hybridized carbons (Fsp3) is 0.500. The summed E-state index contributed by atoms with van der Waals surface area (Å²) in [5, 5.41) is 6.26. The van der Waals surface area contributed by atoms with Gasteiger partial charge in [-0.3, -0.25) is 4.79 Å². The van der Waals surface area contributed by atoms with Gasteiger partial charge in [0, 0.05) is 24.5 Å². The fourth-order valence-electron chi connectivity index (χ4n) is 2.67. The molecule has 1 aromatic carbocycles. The summed E-state index contributed by atoms with van der Waals surface area (Å²) in [4.78, 5) is 12.0. The lowest BCUT2D eigenvalue weighted by atomic mass is 10.1. The molecule has 18 heavy (non-hydrogen) atoms. The third kappa shape index (κ3) is 2.40. The van der Waals surface area contributed by atoms with Gasteiger partial charge in [0.15, 0.2) is 0 Å². The van der Waals surface area contributed by atoms with Crippen LogP contribution in [-0.4, -0.2) is 30.6 Å². The first kappa shape index (κ1) is 11.7. The molecule has 1 aromatic rings. The van der Waals surface area contributed by atoms with Crippen molar-refractivity contribution in [3.8, 4) is 0 Å². The van der Waals surface area contributed by atoms with Crippen LogP contribution in [0.15, 0.2) is 30.3 Å². The Morgan fingerprint density at radius 1 is 1.28 bits per heavy atom. The monoisotopic (exact) mass is 245 g/mol. The van der Waals surface area contributed by atoms with Crippen LogP contribution in [0, 0.1) is 0 Å². The Balaban J connectivity index is 1.52. The molecule has 1 heterocycles. The second-order valence-corrected chi connectivity index (χ2v) is 5.32. The van der Waals surface area contributed by atoms with E-state index in [1.54, 1.807) is 0 Å². The zero-order valence-electron chi connectivity index (χ0n) is 10.3. The smallest absolute Gasteiger partial charge is 0.237 e. The van der Waals surface area contributed by atoms with Gasteiger partial charge in [0.2, 0.25) is 5.91 Å². The number of carbonyl (C=O) groups is 1. The Kier molecular flexibility index (Phi) is 3.06. The number of benzene rings is 1. The molecule has 1 amide bonds. The quantitative estimate of drug-likeness (QED) is 0.720. The molecule has 0 radical (unpaired) electrons. The Morgan fingerprint density at radius 2 is 2.06 bits per heavy atom. The van der Waals surface area contributed by atoms with Gasteiger partial charge >= 0.3 is 0 Å². The summed E-state index contributed by atoms with van der Waals surface area (Å²) in [7, 11) is 0. The number of hydrogen-bond acceptors (Lipinski definition) is 3. The van der Waals surface area contributed by atoms with Crippen molar-refractivity contribution in [1.29, 1.82) is 0 Å². The van der Waals surface area contributed by atoms with E-state index < -0.39 is 0 Å². The first-order valence-electron chi connectivity index (χ1n) is 6.58. The molecule has 1 saturated carbocycles. The highest BCUT2D eigenvalue weighted by molar-refractivity contribution is 5.83. The number of carbonyl (C=O) groups excluding carboxylic acids is 1. The molecule has 4 unspecified atom stereocenters. The molecular weight excluding hydrogens is 226 g/mol. The van der Waals surface area contributed by atoms with Crippen molar-refractivity contribution in [3.05, 3.63) is 35.9 Å². The Labute approximate surface area is 107 Å². The average Bonchev–Trinajstić information content (AvgIpc) is 3.01. The molecule has 2 fully saturated rings. The van der Waals surface area contributed by atoms with Gasteiger partial charge in [-0.15, -0.1) is 0 Å². The third-order valence-corrected chi connectivity index (χ3v) is 3.83. The molecule has 1 aliphatic carbocycles. The maximum Gasteiger partial charge on any atom is 0.237 e. The number of rotatable bonds is 3. The molecule has 4 atom stereocenters. The first-order valence-corrected chi connectivity index (χ1v) is 6.58. The maximum atomic E-state index is 12.0. The van der Waals surface area contributed by atoms with Gasteiger partial charge < -0.3 is 16.4 Å². The summed E-state index contributed by atoms with van der Waals surface area (Å²) in [6.45, 7) is 0.741. The van der Waals surface area contributed by atoms with Crippen LogP contribution >= 0.6 is 0 Å². The molecule has 0 bridgehead atoms. The van der Waals surface area contributed by atoms with E-state index in [0.717, 1.165) is 19.4 Å². The Hall–Kier alpha value is -1.39. The Morgan fingerprint density at radius 3 is 2.72 bits per heavy atom. The zero-order chi connectivity index (χ0) is 12.5. The summed E-state index contributed by atoms with van der Waals surface area (Å²) in [5.41, 5.74) is 7.10. The van der Waals surface area contributed by atoms with Crippen molar-refractivity contribution >= 4 is 5.91 Å². The van der Waals surface area contributed by atoms with Gasteiger partial charge in [0.05, 0.1) is 6.04 Å². The minimum atomic E-state index is -0.1000. The number of hydrogen-bond donors (Lipinski definition) is 3. The normalized spacial score (nSPS) is 34.3. The summed E-state index contributed by atoms with van der Waals surface area (Å²) in [6.07, 6.45) is 1.79. The zero-order valence-corrected chi connectivity index (χ0v) is 10.3. The van der Waals surface area contributed by atoms with Crippen molar-refractivity contribution in [2.75, 3.05) is 6.54 Å². The average molecular weight is 245 g/mol. The number of nitrogens with one attached hydrogen (secondary N) is 2. The van der Waals surface area contributed by atoms with Gasteiger partial charge in [-0.1, -0.05) is 30.3 Å². The SMILES string of the molecule is NC1CNC(C(=O)NC2CC2c2ccccc2)C1.